The Hall–Kier alpha value is -1.10. The summed E-state index contributed by atoms with van der Waals surface area (Å²) in [6.07, 6.45) is 2.01. The van der Waals surface area contributed by atoms with Crippen LogP contribution in [-0.2, 0) is 9.59 Å². The average Bonchev–Trinajstić information content (AvgIpc) is 2.14. The standard InChI is InChI=1S/C12H22N2O3/c1-4-5-8(2)13-11(15)9(3)14-6-10(7-14)12(16)17/h8-10H,4-7H2,1-3H3,(H,13,15)(H,16,17). The van der Waals surface area contributed by atoms with Crippen molar-refractivity contribution in [1.82, 2.24) is 10.2 Å². The van der Waals surface area contributed by atoms with Crippen LogP contribution in [0.3, 0.4) is 0 Å². The van der Waals surface area contributed by atoms with Crippen molar-refractivity contribution in [3.8, 4) is 0 Å². The van der Waals surface area contributed by atoms with Gasteiger partial charge in [-0.05, 0) is 20.3 Å². The first kappa shape index (κ1) is 14.0. The van der Waals surface area contributed by atoms with Gasteiger partial charge in [-0.25, -0.2) is 0 Å². The number of nitrogens with zero attached hydrogens (tertiary/aromatic N) is 1. The van der Waals surface area contributed by atoms with E-state index in [1.165, 1.54) is 0 Å². The minimum atomic E-state index is -0.770. The number of rotatable bonds is 6. The van der Waals surface area contributed by atoms with Crippen LogP contribution < -0.4 is 5.32 Å². The quantitative estimate of drug-likeness (QED) is 0.719. The third-order valence-electron chi connectivity index (χ3n) is 3.30. The van der Waals surface area contributed by atoms with Crippen molar-refractivity contribution in [1.29, 1.82) is 0 Å². The van der Waals surface area contributed by atoms with E-state index in [0.29, 0.717) is 13.1 Å². The summed E-state index contributed by atoms with van der Waals surface area (Å²) in [7, 11) is 0. The molecule has 1 saturated heterocycles. The molecule has 98 valence electrons. The van der Waals surface area contributed by atoms with Gasteiger partial charge in [-0.2, -0.15) is 0 Å². The molecule has 2 atom stereocenters. The highest BCUT2D eigenvalue weighted by Gasteiger charge is 2.37. The van der Waals surface area contributed by atoms with Crippen LogP contribution in [0.5, 0.6) is 0 Å². The van der Waals surface area contributed by atoms with Crippen LogP contribution in [0.4, 0.5) is 0 Å². The Morgan fingerprint density at radius 3 is 2.47 bits per heavy atom. The zero-order valence-electron chi connectivity index (χ0n) is 10.8. The van der Waals surface area contributed by atoms with Crippen LogP contribution in [-0.4, -0.2) is 47.1 Å². The second-order valence-electron chi connectivity index (χ2n) is 4.86. The lowest BCUT2D eigenvalue weighted by atomic mass is 9.98. The molecule has 0 radical (unpaired) electrons. The van der Waals surface area contributed by atoms with Crippen LogP contribution in [0, 0.1) is 5.92 Å². The second kappa shape index (κ2) is 6.00. The Balaban J connectivity index is 2.31. The summed E-state index contributed by atoms with van der Waals surface area (Å²) < 4.78 is 0. The number of amides is 1. The van der Waals surface area contributed by atoms with E-state index >= 15 is 0 Å². The van der Waals surface area contributed by atoms with E-state index in [1.54, 1.807) is 0 Å². The van der Waals surface area contributed by atoms with E-state index in [-0.39, 0.29) is 23.9 Å². The second-order valence-corrected chi connectivity index (χ2v) is 4.86. The lowest BCUT2D eigenvalue weighted by molar-refractivity contribution is -0.150. The molecule has 2 N–H and O–H groups in total. The van der Waals surface area contributed by atoms with Crippen LogP contribution in [0.15, 0.2) is 0 Å². The van der Waals surface area contributed by atoms with Crippen LogP contribution in [0.1, 0.15) is 33.6 Å². The van der Waals surface area contributed by atoms with Gasteiger partial charge in [0.25, 0.3) is 0 Å². The van der Waals surface area contributed by atoms with Gasteiger partial charge in [0.15, 0.2) is 0 Å². The summed E-state index contributed by atoms with van der Waals surface area (Å²) in [5, 5.41) is 11.7. The highest BCUT2D eigenvalue weighted by Crippen LogP contribution is 2.18. The SMILES string of the molecule is CCCC(C)NC(=O)C(C)N1CC(C(=O)O)C1. The maximum Gasteiger partial charge on any atom is 0.309 e. The van der Waals surface area contributed by atoms with Crippen molar-refractivity contribution in [2.45, 2.75) is 45.7 Å². The molecule has 1 heterocycles. The zero-order chi connectivity index (χ0) is 13.0. The molecule has 0 spiro atoms. The van der Waals surface area contributed by atoms with E-state index in [2.05, 4.69) is 12.2 Å². The van der Waals surface area contributed by atoms with E-state index in [9.17, 15) is 9.59 Å². The molecule has 1 fully saturated rings. The molecule has 1 amide bonds. The van der Waals surface area contributed by atoms with E-state index < -0.39 is 5.97 Å². The first-order valence-corrected chi connectivity index (χ1v) is 6.23. The molecular weight excluding hydrogens is 220 g/mol. The Labute approximate surface area is 102 Å². The van der Waals surface area contributed by atoms with E-state index in [1.807, 2.05) is 18.7 Å². The smallest absolute Gasteiger partial charge is 0.309 e. The molecule has 0 aromatic rings. The Bertz CT molecular complexity index is 287. The molecular formula is C12H22N2O3. The fraction of sp³-hybridized carbons (Fsp3) is 0.833. The Morgan fingerprint density at radius 1 is 1.41 bits per heavy atom. The number of nitrogens with one attached hydrogen (secondary N) is 1. The largest absolute Gasteiger partial charge is 0.481 e. The van der Waals surface area contributed by atoms with Crippen molar-refractivity contribution >= 4 is 11.9 Å². The highest BCUT2D eigenvalue weighted by molar-refractivity contribution is 5.82. The fourth-order valence-corrected chi connectivity index (χ4v) is 2.02. The first-order valence-electron chi connectivity index (χ1n) is 6.23. The predicted octanol–water partition coefficient (Wildman–Crippen LogP) is 0.696. The minimum Gasteiger partial charge on any atom is -0.481 e. The molecule has 1 aliphatic heterocycles. The van der Waals surface area contributed by atoms with Gasteiger partial charge in [0.05, 0.1) is 12.0 Å². The van der Waals surface area contributed by atoms with Gasteiger partial charge in [0, 0.05) is 19.1 Å². The summed E-state index contributed by atoms with van der Waals surface area (Å²) in [6, 6.07) is -0.0450. The summed E-state index contributed by atoms with van der Waals surface area (Å²) in [6.45, 7) is 6.85. The summed E-state index contributed by atoms with van der Waals surface area (Å²) in [4.78, 5) is 24.4. The number of likely N-dealkylation sites (tertiary alicyclic amines) is 1. The normalized spacial score (nSPS) is 20.4. The van der Waals surface area contributed by atoms with Crippen molar-refractivity contribution in [3.05, 3.63) is 0 Å². The maximum absolute atomic E-state index is 11.8. The topological polar surface area (TPSA) is 69.6 Å². The van der Waals surface area contributed by atoms with Crippen LogP contribution >= 0.6 is 0 Å². The molecule has 0 aromatic carbocycles. The van der Waals surface area contributed by atoms with E-state index in [0.717, 1.165) is 12.8 Å². The Morgan fingerprint density at radius 2 is 2.00 bits per heavy atom. The van der Waals surface area contributed by atoms with Gasteiger partial charge in [-0.3, -0.25) is 14.5 Å². The average molecular weight is 242 g/mol. The van der Waals surface area contributed by atoms with Crippen LogP contribution in [0.25, 0.3) is 0 Å². The lowest BCUT2D eigenvalue weighted by Gasteiger charge is -2.40. The van der Waals surface area contributed by atoms with Gasteiger partial charge in [-0.15, -0.1) is 0 Å². The maximum atomic E-state index is 11.8. The molecule has 0 aliphatic carbocycles. The first-order chi connectivity index (χ1) is 7.95. The molecule has 1 aliphatic rings. The van der Waals surface area contributed by atoms with Gasteiger partial charge >= 0.3 is 5.97 Å². The van der Waals surface area contributed by atoms with Crippen LogP contribution in [0.2, 0.25) is 0 Å². The molecule has 1 rings (SSSR count). The molecule has 5 nitrogen and oxygen atoms in total. The van der Waals surface area contributed by atoms with Gasteiger partial charge in [0.1, 0.15) is 0 Å². The predicted molar refractivity (Wildman–Crippen MR) is 64.7 cm³/mol. The summed E-state index contributed by atoms with van der Waals surface area (Å²) in [5.41, 5.74) is 0. The van der Waals surface area contributed by atoms with E-state index in [4.69, 9.17) is 5.11 Å². The Kier molecular flexibility index (Phi) is 4.93. The monoisotopic (exact) mass is 242 g/mol. The number of carbonyl (C=O) groups is 2. The third kappa shape index (κ3) is 3.70. The molecule has 5 heteroatoms. The van der Waals surface area contributed by atoms with Crippen molar-refractivity contribution in [2.24, 2.45) is 5.92 Å². The molecule has 0 saturated carbocycles. The van der Waals surface area contributed by atoms with Crippen molar-refractivity contribution in [3.63, 3.8) is 0 Å². The lowest BCUT2D eigenvalue weighted by Crippen LogP contribution is -2.58. The number of hydrogen-bond donors (Lipinski definition) is 2. The third-order valence-corrected chi connectivity index (χ3v) is 3.30. The number of hydrogen-bond acceptors (Lipinski definition) is 3. The summed E-state index contributed by atoms with van der Waals surface area (Å²) in [5.74, 6) is -1.08. The van der Waals surface area contributed by atoms with Gasteiger partial charge < -0.3 is 10.4 Å². The fourth-order valence-electron chi connectivity index (χ4n) is 2.02. The van der Waals surface area contributed by atoms with Gasteiger partial charge in [0.2, 0.25) is 5.91 Å². The highest BCUT2D eigenvalue weighted by atomic mass is 16.4. The van der Waals surface area contributed by atoms with Crippen molar-refractivity contribution in [2.75, 3.05) is 13.1 Å². The number of carboxylic acids is 1. The molecule has 2 unspecified atom stereocenters. The number of carbonyl (C=O) groups excluding carboxylic acids is 1. The number of carboxylic acid groups (broad SMARTS) is 1. The molecule has 0 aromatic heterocycles. The molecule has 0 bridgehead atoms. The minimum absolute atomic E-state index is 0.00483. The molecule has 17 heavy (non-hydrogen) atoms. The van der Waals surface area contributed by atoms with Crippen molar-refractivity contribution < 1.29 is 14.7 Å². The zero-order valence-corrected chi connectivity index (χ0v) is 10.8. The summed E-state index contributed by atoms with van der Waals surface area (Å²) >= 11 is 0. The van der Waals surface area contributed by atoms with Gasteiger partial charge in [-0.1, -0.05) is 13.3 Å². The number of aliphatic carboxylic acids is 1.